The van der Waals surface area contributed by atoms with Gasteiger partial charge in [-0.3, -0.25) is 4.79 Å². The van der Waals surface area contributed by atoms with Crippen molar-refractivity contribution in [1.82, 2.24) is 4.98 Å². The second-order valence-electron chi connectivity index (χ2n) is 6.37. The van der Waals surface area contributed by atoms with E-state index in [1.807, 2.05) is 0 Å². The largest absolute Gasteiger partial charge is 0.483 e. The number of alkyl halides is 3. The number of halogens is 4. The van der Waals surface area contributed by atoms with Crippen LogP contribution in [0.1, 0.15) is 17.9 Å². The topological polar surface area (TPSA) is 88.2 Å². The van der Waals surface area contributed by atoms with Crippen LogP contribution in [0.15, 0.2) is 53.1 Å². The number of hydrogen-bond donors (Lipinski definition) is 1. The first kappa shape index (κ1) is 21.8. The number of carbonyl (C=O) groups is 1. The predicted molar refractivity (Wildman–Crippen MR) is 102 cm³/mol. The number of aromatic nitrogens is 1. The fourth-order valence-corrected chi connectivity index (χ4v) is 2.64. The van der Waals surface area contributed by atoms with Crippen LogP contribution in [-0.4, -0.2) is 23.7 Å². The van der Waals surface area contributed by atoms with E-state index < -0.39 is 24.5 Å². The molecule has 1 N–H and O–H groups in total. The highest BCUT2D eigenvalue weighted by atomic mass is 19.4. The molecule has 31 heavy (non-hydrogen) atoms. The van der Waals surface area contributed by atoms with E-state index in [9.17, 15) is 22.4 Å². The van der Waals surface area contributed by atoms with Crippen LogP contribution < -0.4 is 10.1 Å². The Bertz CT molecular complexity index is 1120. The number of amides is 1. The van der Waals surface area contributed by atoms with Gasteiger partial charge in [-0.1, -0.05) is 12.1 Å². The van der Waals surface area contributed by atoms with E-state index in [2.05, 4.69) is 15.0 Å². The standard InChI is InChI=1S/C21H15F4N3O3/c22-16-4-2-1-3-15(16)18-11-27-20(31-18)8-7-19(29)28-14-5-6-17(13(9-14)10-26)30-12-21(23,24)25/h1-6,9,11H,7-8,12H2,(H,28,29). The molecule has 0 spiro atoms. The minimum Gasteiger partial charge on any atom is -0.483 e. The molecule has 160 valence electrons. The molecule has 0 fully saturated rings. The highest BCUT2D eigenvalue weighted by molar-refractivity contribution is 5.91. The quantitative estimate of drug-likeness (QED) is 0.538. The summed E-state index contributed by atoms with van der Waals surface area (Å²) >= 11 is 0. The number of benzene rings is 2. The molecule has 0 unspecified atom stereocenters. The van der Waals surface area contributed by atoms with E-state index in [4.69, 9.17) is 9.68 Å². The average Bonchev–Trinajstić information content (AvgIpc) is 3.19. The van der Waals surface area contributed by atoms with Crippen LogP contribution in [0.25, 0.3) is 11.3 Å². The second kappa shape index (κ2) is 9.30. The van der Waals surface area contributed by atoms with Gasteiger partial charge in [-0.05, 0) is 30.3 Å². The first-order valence-corrected chi connectivity index (χ1v) is 8.98. The minimum absolute atomic E-state index is 0.0224. The van der Waals surface area contributed by atoms with Gasteiger partial charge >= 0.3 is 6.18 Å². The van der Waals surface area contributed by atoms with Crippen LogP contribution in [0, 0.1) is 17.1 Å². The summed E-state index contributed by atoms with van der Waals surface area (Å²) in [6.07, 6.45) is -3.06. The zero-order chi connectivity index (χ0) is 22.4. The maximum Gasteiger partial charge on any atom is 0.422 e. The van der Waals surface area contributed by atoms with Gasteiger partial charge < -0.3 is 14.5 Å². The van der Waals surface area contributed by atoms with Gasteiger partial charge in [-0.2, -0.15) is 18.4 Å². The molecule has 3 aromatic rings. The summed E-state index contributed by atoms with van der Waals surface area (Å²) in [4.78, 5) is 16.2. The molecule has 0 aliphatic rings. The molecule has 2 aromatic carbocycles. The molecule has 0 atom stereocenters. The Hall–Kier alpha value is -3.87. The van der Waals surface area contributed by atoms with Crippen molar-refractivity contribution < 1.29 is 31.5 Å². The molecular formula is C21H15F4N3O3. The summed E-state index contributed by atoms with van der Waals surface area (Å²) in [5.74, 6) is -0.653. The average molecular weight is 433 g/mol. The number of nitriles is 1. The van der Waals surface area contributed by atoms with Gasteiger partial charge in [0, 0.05) is 18.5 Å². The van der Waals surface area contributed by atoms with E-state index >= 15 is 0 Å². The molecular weight excluding hydrogens is 418 g/mol. The monoisotopic (exact) mass is 433 g/mol. The second-order valence-corrected chi connectivity index (χ2v) is 6.37. The van der Waals surface area contributed by atoms with Crippen molar-refractivity contribution in [1.29, 1.82) is 5.26 Å². The molecule has 6 nitrogen and oxygen atoms in total. The Morgan fingerprint density at radius 2 is 2.00 bits per heavy atom. The van der Waals surface area contributed by atoms with Gasteiger partial charge in [-0.15, -0.1) is 0 Å². The lowest BCUT2D eigenvalue weighted by atomic mass is 10.2. The molecule has 1 heterocycles. The van der Waals surface area contributed by atoms with E-state index in [0.717, 1.165) is 0 Å². The van der Waals surface area contributed by atoms with Crippen molar-refractivity contribution in [3.8, 4) is 23.1 Å². The highest BCUT2D eigenvalue weighted by Gasteiger charge is 2.28. The molecule has 10 heteroatoms. The zero-order valence-corrected chi connectivity index (χ0v) is 15.9. The van der Waals surface area contributed by atoms with Gasteiger partial charge in [0.15, 0.2) is 18.3 Å². The predicted octanol–water partition coefficient (Wildman–Crippen LogP) is 4.86. The van der Waals surface area contributed by atoms with Crippen LogP contribution in [0.4, 0.5) is 23.2 Å². The molecule has 0 saturated heterocycles. The molecule has 0 radical (unpaired) electrons. The smallest absolute Gasteiger partial charge is 0.422 e. The Morgan fingerprint density at radius 1 is 1.23 bits per heavy atom. The van der Waals surface area contributed by atoms with Crippen molar-refractivity contribution in [3.05, 3.63) is 65.9 Å². The van der Waals surface area contributed by atoms with Crippen LogP contribution in [0.3, 0.4) is 0 Å². The maximum atomic E-state index is 13.8. The van der Waals surface area contributed by atoms with Crippen LogP contribution in [0.2, 0.25) is 0 Å². The number of hydrogen-bond acceptors (Lipinski definition) is 5. The number of oxazole rings is 1. The highest BCUT2D eigenvalue weighted by Crippen LogP contribution is 2.26. The molecule has 1 amide bonds. The molecule has 3 rings (SSSR count). The molecule has 1 aromatic heterocycles. The van der Waals surface area contributed by atoms with Crippen LogP contribution in [0.5, 0.6) is 5.75 Å². The van der Waals surface area contributed by atoms with Gasteiger partial charge in [0.05, 0.1) is 17.3 Å². The van der Waals surface area contributed by atoms with Crippen molar-refractivity contribution >= 4 is 11.6 Å². The third kappa shape index (κ3) is 6.05. The van der Waals surface area contributed by atoms with E-state index in [1.54, 1.807) is 24.3 Å². The van der Waals surface area contributed by atoms with Crippen LogP contribution >= 0.6 is 0 Å². The Balaban J connectivity index is 1.58. The minimum atomic E-state index is -4.54. The molecule has 0 bridgehead atoms. The van der Waals surface area contributed by atoms with Crippen molar-refractivity contribution in [2.45, 2.75) is 19.0 Å². The summed E-state index contributed by atoms with van der Waals surface area (Å²) in [7, 11) is 0. The normalized spacial score (nSPS) is 11.1. The molecule has 0 aliphatic heterocycles. The summed E-state index contributed by atoms with van der Waals surface area (Å²) in [5.41, 5.74) is 0.326. The number of anilines is 1. The summed E-state index contributed by atoms with van der Waals surface area (Å²) in [5, 5.41) is 11.6. The number of nitrogens with zero attached hydrogens (tertiary/aromatic N) is 2. The fraction of sp³-hybridized carbons (Fsp3) is 0.190. The summed E-state index contributed by atoms with van der Waals surface area (Å²) in [6, 6.07) is 11.5. The van der Waals surface area contributed by atoms with E-state index in [1.165, 1.54) is 30.5 Å². The number of nitrogens with one attached hydrogen (secondary N) is 1. The first-order chi connectivity index (χ1) is 14.7. The van der Waals surface area contributed by atoms with E-state index in [-0.39, 0.29) is 47.1 Å². The summed E-state index contributed by atoms with van der Waals surface area (Å²) in [6.45, 7) is -1.53. The Morgan fingerprint density at radius 3 is 2.71 bits per heavy atom. The lowest BCUT2D eigenvalue weighted by Gasteiger charge is -2.11. The van der Waals surface area contributed by atoms with Crippen molar-refractivity contribution in [3.63, 3.8) is 0 Å². The van der Waals surface area contributed by atoms with Gasteiger partial charge in [0.2, 0.25) is 5.91 Å². The SMILES string of the molecule is N#Cc1cc(NC(=O)CCc2ncc(-c3ccccc3F)o2)ccc1OCC(F)(F)F. The number of aryl methyl sites for hydroxylation is 1. The molecule has 0 aliphatic carbocycles. The Kier molecular flexibility index (Phi) is 6.55. The lowest BCUT2D eigenvalue weighted by molar-refractivity contribution is -0.153. The lowest BCUT2D eigenvalue weighted by Crippen LogP contribution is -2.19. The molecule has 0 saturated carbocycles. The zero-order valence-electron chi connectivity index (χ0n) is 15.9. The fourth-order valence-electron chi connectivity index (χ4n) is 2.64. The summed E-state index contributed by atoms with van der Waals surface area (Å²) < 4.78 is 60.7. The number of carbonyl (C=O) groups excluding carboxylic acids is 1. The number of rotatable bonds is 7. The number of ether oxygens (including phenoxy) is 1. The first-order valence-electron chi connectivity index (χ1n) is 8.98. The van der Waals surface area contributed by atoms with Gasteiger partial charge in [0.1, 0.15) is 17.6 Å². The van der Waals surface area contributed by atoms with Crippen molar-refractivity contribution in [2.75, 3.05) is 11.9 Å². The van der Waals surface area contributed by atoms with Gasteiger partial charge in [-0.25, -0.2) is 9.37 Å². The van der Waals surface area contributed by atoms with E-state index in [0.29, 0.717) is 0 Å². The Labute approximate surface area is 174 Å². The van der Waals surface area contributed by atoms with Crippen molar-refractivity contribution in [2.24, 2.45) is 0 Å². The van der Waals surface area contributed by atoms with Crippen LogP contribution in [-0.2, 0) is 11.2 Å². The third-order valence-electron chi connectivity index (χ3n) is 4.03. The van der Waals surface area contributed by atoms with Gasteiger partial charge in [0.25, 0.3) is 0 Å². The third-order valence-corrected chi connectivity index (χ3v) is 4.03. The maximum absolute atomic E-state index is 13.8.